The summed E-state index contributed by atoms with van der Waals surface area (Å²) in [4.78, 5) is 6.55. The van der Waals surface area contributed by atoms with E-state index in [1.165, 1.54) is 18.3 Å². The van der Waals surface area contributed by atoms with Crippen LogP contribution in [0.15, 0.2) is 53.6 Å². The number of halogens is 2. The number of hydrogen-bond donors (Lipinski definition) is 1. The van der Waals surface area contributed by atoms with E-state index < -0.39 is 15.1 Å². The first-order valence-electron chi connectivity index (χ1n) is 9.34. The third-order valence-corrected chi connectivity index (χ3v) is 8.59. The summed E-state index contributed by atoms with van der Waals surface area (Å²) in [6.45, 7) is 1.94. The minimum Gasteiger partial charge on any atom is -0.506 e. The SMILES string of the molecule is O=S(=O)(c1ccc(O)c2ncccc12)C1CCN(Cc2cccc(Cl)c2Cl)CC1. The third kappa shape index (κ3) is 3.94. The molecule has 1 aliphatic heterocycles. The number of rotatable bonds is 4. The number of benzene rings is 2. The van der Waals surface area contributed by atoms with Crippen molar-refractivity contribution in [2.24, 2.45) is 0 Å². The Morgan fingerprint density at radius 2 is 1.83 bits per heavy atom. The van der Waals surface area contributed by atoms with Crippen LogP contribution < -0.4 is 0 Å². The number of phenols is 1. The predicted octanol–water partition coefficient (Wildman–Crippen LogP) is 4.69. The number of sulfone groups is 1. The summed E-state index contributed by atoms with van der Waals surface area (Å²) in [5, 5.41) is 11.1. The number of aromatic nitrogens is 1. The van der Waals surface area contributed by atoms with Gasteiger partial charge in [0.15, 0.2) is 9.84 Å². The Labute approximate surface area is 179 Å². The van der Waals surface area contributed by atoms with Gasteiger partial charge in [0.2, 0.25) is 0 Å². The van der Waals surface area contributed by atoms with Crippen molar-refractivity contribution >= 4 is 43.9 Å². The Balaban J connectivity index is 1.53. The second kappa shape index (κ2) is 8.11. The van der Waals surface area contributed by atoms with E-state index in [4.69, 9.17) is 23.2 Å². The van der Waals surface area contributed by atoms with Crippen LogP contribution in [0.4, 0.5) is 0 Å². The van der Waals surface area contributed by atoms with Gasteiger partial charge in [-0.1, -0.05) is 35.3 Å². The van der Waals surface area contributed by atoms with Crippen LogP contribution >= 0.6 is 23.2 Å². The molecule has 0 saturated carbocycles. The summed E-state index contributed by atoms with van der Waals surface area (Å²) in [5.74, 6) is -0.0206. The van der Waals surface area contributed by atoms with Crippen molar-refractivity contribution in [3.8, 4) is 5.75 Å². The van der Waals surface area contributed by atoms with Crippen LogP contribution in [0.2, 0.25) is 10.0 Å². The van der Waals surface area contributed by atoms with E-state index in [9.17, 15) is 13.5 Å². The molecule has 8 heteroatoms. The number of aromatic hydroxyl groups is 1. The zero-order chi connectivity index (χ0) is 20.6. The van der Waals surface area contributed by atoms with Crippen LogP contribution in [0.25, 0.3) is 10.9 Å². The molecule has 0 aliphatic carbocycles. The zero-order valence-electron chi connectivity index (χ0n) is 15.6. The fraction of sp³-hybridized carbons (Fsp3) is 0.286. The van der Waals surface area contributed by atoms with Gasteiger partial charge in [0.05, 0.1) is 20.2 Å². The lowest BCUT2D eigenvalue weighted by Crippen LogP contribution is -2.39. The molecule has 0 unspecified atom stereocenters. The van der Waals surface area contributed by atoms with Crippen LogP contribution in [0.1, 0.15) is 18.4 Å². The summed E-state index contributed by atoms with van der Waals surface area (Å²) in [6.07, 6.45) is 2.60. The first-order valence-corrected chi connectivity index (χ1v) is 11.6. The van der Waals surface area contributed by atoms with Crippen LogP contribution in [0.5, 0.6) is 5.75 Å². The lowest BCUT2D eigenvalue weighted by Gasteiger charge is -2.32. The molecule has 0 radical (unpaired) electrons. The van der Waals surface area contributed by atoms with Crippen molar-refractivity contribution in [2.75, 3.05) is 13.1 Å². The minimum atomic E-state index is -3.54. The third-order valence-electron chi connectivity index (χ3n) is 5.41. The maximum Gasteiger partial charge on any atom is 0.182 e. The van der Waals surface area contributed by atoms with Gasteiger partial charge < -0.3 is 5.11 Å². The molecule has 1 fully saturated rings. The molecule has 29 heavy (non-hydrogen) atoms. The highest BCUT2D eigenvalue weighted by atomic mass is 35.5. The molecular formula is C21H20Cl2N2O3S. The highest BCUT2D eigenvalue weighted by Gasteiger charge is 2.33. The molecule has 0 amide bonds. The predicted molar refractivity (Wildman–Crippen MR) is 115 cm³/mol. The van der Waals surface area contributed by atoms with E-state index in [1.807, 2.05) is 12.1 Å². The molecule has 4 rings (SSSR count). The molecule has 0 bridgehead atoms. The Hall–Kier alpha value is -1.86. The molecule has 1 aromatic heterocycles. The van der Waals surface area contributed by atoms with E-state index in [-0.39, 0.29) is 10.6 Å². The summed E-state index contributed by atoms with van der Waals surface area (Å²) in [5.41, 5.74) is 1.25. The molecule has 2 heterocycles. The number of likely N-dealkylation sites (tertiary alicyclic amines) is 1. The van der Waals surface area contributed by atoms with E-state index in [1.54, 1.807) is 18.2 Å². The normalized spacial score (nSPS) is 16.3. The second-order valence-corrected chi connectivity index (χ2v) is 10.2. The minimum absolute atomic E-state index is 0.0206. The van der Waals surface area contributed by atoms with Crippen molar-refractivity contribution in [1.29, 1.82) is 0 Å². The number of piperidine rings is 1. The van der Waals surface area contributed by atoms with Crippen LogP contribution in [-0.2, 0) is 16.4 Å². The van der Waals surface area contributed by atoms with Crippen molar-refractivity contribution in [3.63, 3.8) is 0 Å². The van der Waals surface area contributed by atoms with Crippen LogP contribution in [0, 0.1) is 0 Å². The smallest absolute Gasteiger partial charge is 0.182 e. The molecule has 1 aliphatic rings. The molecule has 0 spiro atoms. The first kappa shape index (κ1) is 20.4. The molecule has 0 atom stereocenters. The number of hydrogen-bond acceptors (Lipinski definition) is 5. The molecule has 152 valence electrons. The monoisotopic (exact) mass is 450 g/mol. The first-order chi connectivity index (χ1) is 13.9. The molecule has 3 aromatic rings. The van der Waals surface area contributed by atoms with Gasteiger partial charge in [-0.25, -0.2) is 8.42 Å². The quantitative estimate of drug-likeness (QED) is 0.624. The van der Waals surface area contributed by atoms with Gasteiger partial charge in [-0.3, -0.25) is 9.88 Å². The van der Waals surface area contributed by atoms with Gasteiger partial charge in [-0.05, 0) is 61.8 Å². The maximum absolute atomic E-state index is 13.3. The van der Waals surface area contributed by atoms with Gasteiger partial charge in [0.1, 0.15) is 11.3 Å². The van der Waals surface area contributed by atoms with Crippen LogP contribution in [-0.4, -0.2) is 41.7 Å². The summed E-state index contributed by atoms with van der Waals surface area (Å²) in [6, 6.07) is 11.8. The van der Waals surface area contributed by atoms with Gasteiger partial charge in [-0.15, -0.1) is 0 Å². The molecular weight excluding hydrogens is 431 g/mol. The second-order valence-electron chi connectivity index (χ2n) is 7.22. The van der Waals surface area contributed by atoms with Gasteiger partial charge in [-0.2, -0.15) is 0 Å². The maximum atomic E-state index is 13.3. The molecule has 5 nitrogen and oxygen atoms in total. The molecule has 2 aromatic carbocycles. The Morgan fingerprint density at radius 1 is 1.07 bits per heavy atom. The molecule has 1 N–H and O–H groups in total. The van der Waals surface area contributed by atoms with E-state index in [0.717, 1.165) is 5.56 Å². The zero-order valence-corrected chi connectivity index (χ0v) is 17.9. The molecule has 1 saturated heterocycles. The van der Waals surface area contributed by atoms with Gasteiger partial charge in [0.25, 0.3) is 0 Å². The Kier molecular flexibility index (Phi) is 5.71. The number of fused-ring (bicyclic) bond motifs is 1. The van der Waals surface area contributed by atoms with Crippen molar-refractivity contribution < 1.29 is 13.5 Å². The number of nitrogens with zero attached hydrogens (tertiary/aromatic N) is 2. The number of phenolic OH excluding ortho intramolecular Hbond substituents is 1. The summed E-state index contributed by atoms with van der Waals surface area (Å²) < 4.78 is 26.6. The van der Waals surface area contributed by atoms with Crippen molar-refractivity contribution in [3.05, 3.63) is 64.3 Å². The van der Waals surface area contributed by atoms with Crippen molar-refractivity contribution in [1.82, 2.24) is 9.88 Å². The fourth-order valence-corrected chi connectivity index (χ4v) is 6.15. The summed E-state index contributed by atoms with van der Waals surface area (Å²) in [7, 11) is -3.54. The van der Waals surface area contributed by atoms with E-state index in [0.29, 0.717) is 53.4 Å². The average Bonchev–Trinajstić information content (AvgIpc) is 2.72. The van der Waals surface area contributed by atoms with Crippen molar-refractivity contribution in [2.45, 2.75) is 29.5 Å². The summed E-state index contributed by atoms with van der Waals surface area (Å²) >= 11 is 12.4. The van der Waals surface area contributed by atoms with Crippen LogP contribution in [0.3, 0.4) is 0 Å². The highest BCUT2D eigenvalue weighted by Crippen LogP contribution is 2.34. The largest absolute Gasteiger partial charge is 0.506 e. The lowest BCUT2D eigenvalue weighted by molar-refractivity contribution is 0.222. The van der Waals surface area contributed by atoms with Gasteiger partial charge >= 0.3 is 0 Å². The average molecular weight is 451 g/mol. The Bertz CT molecular complexity index is 1160. The lowest BCUT2D eigenvalue weighted by atomic mass is 10.1. The van der Waals surface area contributed by atoms with E-state index >= 15 is 0 Å². The topological polar surface area (TPSA) is 70.5 Å². The van der Waals surface area contributed by atoms with E-state index in [2.05, 4.69) is 9.88 Å². The highest BCUT2D eigenvalue weighted by molar-refractivity contribution is 7.92. The van der Waals surface area contributed by atoms with Gasteiger partial charge in [0, 0.05) is 18.1 Å². The fourth-order valence-electron chi connectivity index (χ4n) is 3.85. The number of pyridine rings is 1. The Morgan fingerprint density at radius 3 is 2.59 bits per heavy atom. The standard InChI is InChI=1S/C21H20Cl2N2O3S/c22-17-5-1-3-14(20(17)23)13-25-11-8-15(9-12-25)29(27,28)19-7-6-18(26)21-16(19)4-2-10-24-21/h1-7,10,15,26H,8-9,11-13H2.